The molecule has 0 spiro atoms. The van der Waals surface area contributed by atoms with Gasteiger partial charge in [0.2, 0.25) is 0 Å². The van der Waals surface area contributed by atoms with Crippen molar-refractivity contribution in [3.8, 4) is 0 Å². The largest absolute Gasteiger partial charge is 0.460 e. The van der Waals surface area contributed by atoms with Crippen LogP contribution in [0.15, 0.2) is 30.3 Å². The first-order chi connectivity index (χ1) is 7.25. The third kappa shape index (κ3) is 2.57. The molecule has 2 atom stereocenters. The molecular formula is C12H14O3. The predicted octanol–water partition coefficient (Wildman–Crippen LogP) is 2.08. The number of hydrogen-bond donors (Lipinski definition) is 0. The first kappa shape index (κ1) is 10.2. The SMILES string of the molecule is CC(=O)O[C@H]1CO[C@H](c2ccccc2)C1. The van der Waals surface area contributed by atoms with Gasteiger partial charge in [-0.1, -0.05) is 30.3 Å². The highest BCUT2D eigenvalue weighted by molar-refractivity contribution is 5.66. The number of carbonyl (C=O) groups is 1. The van der Waals surface area contributed by atoms with Crippen LogP contribution < -0.4 is 0 Å². The summed E-state index contributed by atoms with van der Waals surface area (Å²) in [5, 5.41) is 0. The monoisotopic (exact) mass is 206 g/mol. The van der Waals surface area contributed by atoms with Crippen LogP contribution in [0.1, 0.15) is 25.0 Å². The summed E-state index contributed by atoms with van der Waals surface area (Å²) in [6, 6.07) is 10.00. The second kappa shape index (κ2) is 4.45. The molecule has 1 aromatic carbocycles. The van der Waals surface area contributed by atoms with Crippen molar-refractivity contribution in [2.75, 3.05) is 6.61 Å². The van der Waals surface area contributed by atoms with E-state index in [1.54, 1.807) is 0 Å². The average molecular weight is 206 g/mol. The van der Waals surface area contributed by atoms with Crippen molar-refractivity contribution in [3.05, 3.63) is 35.9 Å². The van der Waals surface area contributed by atoms with Crippen molar-refractivity contribution in [3.63, 3.8) is 0 Å². The quantitative estimate of drug-likeness (QED) is 0.695. The first-order valence-corrected chi connectivity index (χ1v) is 5.09. The van der Waals surface area contributed by atoms with E-state index in [0.717, 1.165) is 12.0 Å². The lowest BCUT2D eigenvalue weighted by Crippen LogP contribution is -2.15. The van der Waals surface area contributed by atoms with Gasteiger partial charge in [0, 0.05) is 13.3 Å². The minimum absolute atomic E-state index is 0.0653. The highest BCUT2D eigenvalue weighted by Gasteiger charge is 2.28. The van der Waals surface area contributed by atoms with Crippen molar-refractivity contribution in [1.29, 1.82) is 0 Å². The third-order valence-electron chi connectivity index (χ3n) is 2.46. The van der Waals surface area contributed by atoms with Gasteiger partial charge in [0.15, 0.2) is 0 Å². The molecule has 1 aliphatic rings. The Kier molecular flexibility index (Phi) is 3.02. The lowest BCUT2D eigenvalue weighted by atomic mass is 10.1. The molecule has 1 saturated heterocycles. The molecule has 0 unspecified atom stereocenters. The second-order valence-electron chi connectivity index (χ2n) is 3.70. The molecule has 1 fully saturated rings. The van der Waals surface area contributed by atoms with E-state index in [0.29, 0.717) is 6.61 Å². The summed E-state index contributed by atoms with van der Waals surface area (Å²) in [7, 11) is 0. The van der Waals surface area contributed by atoms with Crippen LogP contribution in [0.5, 0.6) is 0 Å². The number of hydrogen-bond acceptors (Lipinski definition) is 3. The Morgan fingerprint density at radius 2 is 2.13 bits per heavy atom. The molecule has 0 radical (unpaired) electrons. The van der Waals surface area contributed by atoms with Crippen molar-refractivity contribution >= 4 is 5.97 Å². The van der Waals surface area contributed by atoms with Gasteiger partial charge >= 0.3 is 5.97 Å². The topological polar surface area (TPSA) is 35.5 Å². The summed E-state index contributed by atoms with van der Waals surface area (Å²) < 4.78 is 10.7. The van der Waals surface area contributed by atoms with Crippen LogP contribution in [0, 0.1) is 0 Å². The molecule has 0 aromatic heterocycles. The van der Waals surface area contributed by atoms with E-state index >= 15 is 0 Å². The maximum absolute atomic E-state index is 10.8. The molecule has 0 N–H and O–H groups in total. The Labute approximate surface area is 89.0 Å². The molecule has 1 aromatic rings. The van der Waals surface area contributed by atoms with Gasteiger partial charge in [-0.15, -0.1) is 0 Å². The number of ether oxygens (including phenoxy) is 2. The fraction of sp³-hybridized carbons (Fsp3) is 0.417. The highest BCUT2D eigenvalue weighted by Crippen LogP contribution is 2.29. The first-order valence-electron chi connectivity index (χ1n) is 5.09. The summed E-state index contributed by atoms with van der Waals surface area (Å²) >= 11 is 0. The zero-order valence-electron chi connectivity index (χ0n) is 8.68. The van der Waals surface area contributed by atoms with Gasteiger partial charge in [-0.05, 0) is 5.56 Å². The molecule has 3 nitrogen and oxygen atoms in total. The highest BCUT2D eigenvalue weighted by atomic mass is 16.6. The average Bonchev–Trinajstić information content (AvgIpc) is 2.67. The minimum atomic E-state index is -0.239. The molecule has 0 bridgehead atoms. The second-order valence-corrected chi connectivity index (χ2v) is 3.70. The van der Waals surface area contributed by atoms with Gasteiger partial charge in [0.05, 0.1) is 12.7 Å². The van der Waals surface area contributed by atoms with Gasteiger partial charge < -0.3 is 9.47 Å². The zero-order valence-corrected chi connectivity index (χ0v) is 8.68. The lowest BCUT2D eigenvalue weighted by molar-refractivity contribution is -0.146. The zero-order chi connectivity index (χ0) is 10.7. The molecule has 1 heterocycles. The molecule has 80 valence electrons. The van der Waals surface area contributed by atoms with Crippen LogP contribution in [0.25, 0.3) is 0 Å². The Bertz CT molecular complexity index is 334. The predicted molar refractivity (Wildman–Crippen MR) is 55.3 cm³/mol. The number of benzene rings is 1. The van der Waals surface area contributed by atoms with Gasteiger partial charge in [0.1, 0.15) is 6.10 Å². The molecule has 1 aliphatic heterocycles. The Balaban J connectivity index is 1.96. The van der Waals surface area contributed by atoms with Crippen LogP contribution in [0.3, 0.4) is 0 Å². The molecule has 15 heavy (non-hydrogen) atoms. The molecule has 0 amide bonds. The Hall–Kier alpha value is -1.35. The summed E-state index contributed by atoms with van der Waals surface area (Å²) in [4.78, 5) is 10.8. The van der Waals surface area contributed by atoms with E-state index in [1.807, 2.05) is 30.3 Å². The van der Waals surface area contributed by atoms with E-state index in [-0.39, 0.29) is 18.2 Å². The van der Waals surface area contributed by atoms with E-state index < -0.39 is 0 Å². The molecule has 3 heteroatoms. The van der Waals surface area contributed by atoms with Gasteiger partial charge in [-0.3, -0.25) is 4.79 Å². The van der Waals surface area contributed by atoms with Crippen LogP contribution >= 0.6 is 0 Å². The summed E-state index contributed by atoms with van der Waals surface area (Å²) in [6.45, 7) is 1.93. The van der Waals surface area contributed by atoms with E-state index in [1.165, 1.54) is 6.92 Å². The molecular weight excluding hydrogens is 192 g/mol. The Morgan fingerprint density at radius 3 is 2.80 bits per heavy atom. The molecule has 2 rings (SSSR count). The fourth-order valence-corrected chi connectivity index (χ4v) is 1.82. The van der Waals surface area contributed by atoms with Crippen molar-refractivity contribution in [2.45, 2.75) is 25.6 Å². The number of esters is 1. The Morgan fingerprint density at radius 1 is 1.40 bits per heavy atom. The smallest absolute Gasteiger partial charge is 0.302 e. The maximum atomic E-state index is 10.8. The van der Waals surface area contributed by atoms with Crippen LogP contribution in [-0.2, 0) is 14.3 Å². The van der Waals surface area contributed by atoms with Crippen molar-refractivity contribution in [2.24, 2.45) is 0 Å². The standard InChI is InChI=1S/C12H14O3/c1-9(13)15-11-7-12(14-8-11)10-5-3-2-4-6-10/h2-6,11-12H,7-8H2,1H3/t11-,12+/m1/s1. The van der Waals surface area contributed by atoms with E-state index in [4.69, 9.17) is 9.47 Å². The number of rotatable bonds is 2. The fourth-order valence-electron chi connectivity index (χ4n) is 1.82. The van der Waals surface area contributed by atoms with Gasteiger partial charge in [-0.2, -0.15) is 0 Å². The van der Waals surface area contributed by atoms with E-state index in [9.17, 15) is 4.79 Å². The van der Waals surface area contributed by atoms with Gasteiger partial charge in [-0.25, -0.2) is 0 Å². The summed E-state index contributed by atoms with van der Waals surface area (Å²) in [5.41, 5.74) is 1.15. The molecule has 0 aliphatic carbocycles. The van der Waals surface area contributed by atoms with Crippen molar-refractivity contribution < 1.29 is 14.3 Å². The van der Waals surface area contributed by atoms with Crippen molar-refractivity contribution in [1.82, 2.24) is 0 Å². The molecule has 0 saturated carbocycles. The maximum Gasteiger partial charge on any atom is 0.302 e. The van der Waals surface area contributed by atoms with Crippen LogP contribution in [0.4, 0.5) is 0 Å². The lowest BCUT2D eigenvalue weighted by Gasteiger charge is -2.09. The normalized spacial score (nSPS) is 25.1. The third-order valence-corrected chi connectivity index (χ3v) is 2.46. The number of carbonyl (C=O) groups excluding carboxylic acids is 1. The van der Waals surface area contributed by atoms with Crippen LogP contribution in [0.2, 0.25) is 0 Å². The van der Waals surface area contributed by atoms with E-state index in [2.05, 4.69) is 0 Å². The summed E-state index contributed by atoms with van der Waals surface area (Å²) in [6.07, 6.45) is 0.729. The van der Waals surface area contributed by atoms with Gasteiger partial charge in [0.25, 0.3) is 0 Å². The summed E-state index contributed by atoms with van der Waals surface area (Å²) in [5.74, 6) is -0.239. The van der Waals surface area contributed by atoms with Crippen LogP contribution in [-0.4, -0.2) is 18.7 Å². The minimum Gasteiger partial charge on any atom is -0.460 e.